The van der Waals surface area contributed by atoms with E-state index >= 15 is 0 Å². The fourth-order valence-electron chi connectivity index (χ4n) is 0.771. The Balaban J connectivity index is 3.07. The van der Waals surface area contributed by atoms with E-state index in [9.17, 15) is 0 Å². The molecule has 0 saturated carbocycles. The van der Waals surface area contributed by atoms with Gasteiger partial charge in [0, 0.05) is 10.2 Å². The first-order chi connectivity index (χ1) is 4.74. The molecule has 0 aliphatic rings. The molecule has 0 spiro atoms. The molecule has 0 aromatic heterocycles. The molecule has 0 radical (unpaired) electrons. The van der Waals surface area contributed by atoms with Gasteiger partial charge in [0.05, 0.1) is 12.1 Å². The number of rotatable bonds is 1. The standard InChI is InChI=1S/C7H9ClOSi/c1-9-7-3-2-5(10)4-6(7)8/h2-4H,1,10H3. The highest BCUT2D eigenvalue weighted by Gasteiger charge is 1.96. The molecule has 1 aromatic carbocycles. The molecular formula is C7H9ClOSi. The molecule has 10 heavy (non-hydrogen) atoms. The van der Waals surface area contributed by atoms with Crippen LogP contribution in [0.4, 0.5) is 0 Å². The van der Waals surface area contributed by atoms with E-state index in [-0.39, 0.29) is 0 Å². The number of hydrogen-bond acceptors (Lipinski definition) is 1. The van der Waals surface area contributed by atoms with Crippen molar-refractivity contribution in [3.63, 3.8) is 0 Å². The van der Waals surface area contributed by atoms with Gasteiger partial charge in [-0.15, -0.1) is 0 Å². The first-order valence-electron chi connectivity index (χ1n) is 3.04. The Morgan fingerprint density at radius 3 is 2.70 bits per heavy atom. The maximum atomic E-state index is 5.83. The molecule has 0 heterocycles. The van der Waals surface area contributed by atoms with Crippen LogP contribution >= 0.6 is 11.6 Å². The van der Waals surface area contributed by atoms with E-state index < -0.39 is 0 Å². The van der Waals surface area contributed by atoms with Crippen molar-refractivity contribution in [1.82, 2.24) is 0 Å². The minimum absolute atomic E-state index is 0.704. The molecular weight excluding hydrogens is 164 g/mol. The first kappa shape index (κ1) is 7.63. The van der Waals surface area contributed by atoms with E-state index in [0.717, 1.165) is 16.0 Å². The summed E-state index contributed by atoms with van der Waals surface area (Å²) in [6.45, 7) is 0. The topological polar surface area (TPSA) is 9.23 Å². The zero-order valence-corrected chi connectivity index (χ0v) is 8.77. The van der Waals surface area contributed by atoms with E-state index in [1.807, 2.05) is 18.2 Å². The average Bonchev–Trinajstić information content (AvgIpc) is 1.88. The Kier molecular flexibility index (Phi) is 2.35. The molecule has 3 heteroatoms. The van der Waals surface area contributed by atoms with Crippen molar-refractivity contribution in [3.05, 3.63) is 23.2 Å². The minimum atomic E-state index is 0.704. The van der Waals surface area contributed by atoms with E-state index in [2.05, 4.69) is 0 Å². The van der Waals surface area contributed by atoms with Gasteiger partial charge in [-0.2, -0.15) is 0 Å². The lowest BCUT2D eigenvalue weighted by molar-refractivity contribution is 0.415. The van der Waals surface area contributed by atoms with Crippen LogP contribution in [0.3, 0.4) is 0 Å². The van der Waals surface area contributed by atoms with Crippen LogP contribution in [0.5, 0.6) is 5.75 Å². The van der Waals surface area contributed by atoms with E-state index in [0.29, 0.717) is 5.02 Å². The Hall–Kier alpha value is -0.473. The number of benzene rings is 1. The fourth-order valence-corrected chi connectivity index (χ4v) is 1.72. The summed E-state index contributed by atoms with van der Waals surface area (Å²) in [5.74, 6) is 0.751. The van der Waals surface area contributed by atoms with Crippen molar-refractivity contribution in [2.75, 3.05) is 7.11 Å². The van der Waals surface area contributed by atoms with Gasteiger partial charge >= 0.3 is 0 Å². The molecule has 0 aliphatic carbocycles. The van der Waals surface area contributed by atoms with Crippen molar-refractivity contribution >= 4 is 27.0 Å². The van der Waals surface area contributed by atoms with Gasteiger partial charge in [0.1, 0.15) is 5.75 Å². The monoisotopic (exact) mass is 172 g/mol. The van der Waals surface area contributed by atoms with Crippen molar-refractivity contribution < 1.29 is 4.74 Å². The van der Waals surface area contributed by atoms with Crippen LogP contribution in [-0.2, 0) is 0 Å². The second kappa shape index (κ2) is 3.08. The summed E-state index contributed by atoms with van der Waals surface area (Å²) in [5.41, 5.74) is 0. The summed E-state index contributed by atoms with van der Waals surface area (Å²) in [6, 6.07) is 5.86. The molecule has 54 valence electrons. The Morgan fingerprint density at radius 2 is 2.20 bits per heavy atom. The Labute approximate surface area is 68.4 Å². The van der Waals surface area contributed by atoms with Gasteiger partial charge in [0.2, 0.25) is 0 Å². The third kappa shape index (κ3) is 1.52. The summed E-state index contributed by atoms with van der Waals surface area (Å²) in [7, 11) is 2.65. The summed E-state index contributed by atoms with van der Waals surface area (Å²) >= 11 is 5.83. The SMILES string of the molecule is COc1ccc([SiH3])cc1Cl. The molecule has 1 aromatic rings. The second-order valence-electron chi connectivity index (χ2n) is 2.14. The molecule has 0 saturated heterocycles. The van der Waals surface area contributed by atoms with Crippen LogP contribution in [-0.4, -0.2) is 17.4 Å². The van der Waals surface area contributed by atoms with Gasteiger partial charge in [-0.3, -0.25) is 0 Å². The third-order valence-electron chi connectivity index (χ3n) is 1.31. The van der Waals surface area contributed by atoms with Gasteiger partial charge in [-0.1, -0.05) is 22.9 Å². The van der Waals surface area contributed by atoms with Crippen molar-refractivity contribution in [2.24, 2.45) is 0 Å². The normalized spacial score (nSPS) is 9.80. The van der Waals surface area contributed by atoms with Gasteiger partial charge in [0.25, 0.3) is 0 Å². The molecule has 0 unspecified atom stereocenters. The van der Waals surface area contributed by atoms with Gasteiger partial charge in [-0.05, 0) is 12.1 Å². The second-order valence-corrected chi connectivity index (χ2v) is 3.70. The predicted octanol–water partition coefficient (Wildman–Crippen LogP) is 0.339. The lowest BCUT2D eigenvalue weighted by atomic mass is 10.3. The highest BCUT2D eigenvalue weighted by Crippen LogP contribution is 2.20. The van der Waals surface area contributed by atoms with Crippen LogP contribution in [0.15, 0.2) is 18.2 Å². The molecule has 1 nitrogen and oxygen atoms in total. The molecule has 0 atom stereocenters. The third-order valence-corrected chi connectivity index (χ3v) is 2.22. The van der Waals surface area contributed by atoms with Gasteiger partial charge < -0.3 is 4.74 Å². The largest absolute Gasteiger partial charge is 0.495 e. The Bertz CT molecular complexity index is 237. The van der Waals surface area contributed by atoms with E-state index in [4.69, 9.17) is 16.3 Å². The van der Waals surface area contributed by atoms with Gasteiger partial charge in [0.15, 0.2) is 0 Å². The lowest BCUT2D eigenvalue weighted by Crippen LogP contribution is -2.00. The summed E-state index contributed by atoms with van der Waals surface area (Å²) in [6.07, 6.45) is 0. The Morgan fingerprint density at radius 1 is 1.50 bits per heavy atom. The number of halogens is 1. The molecule has 0 fully saturated rings. The maximum Gasteiger partial charge on any atom is 0.137 e. The highest BCUT2D eigenvalue weighted by molar-refractivity contribution is 6.37. The lowest BCUT2D eigenvalue weighted by Gasteiger charge is -2.01. The summed E-state index contributed by atoms with van der Waals surface area (Å²) in [4.78, 5) is 0. The van der Waals surface area contributed by atoms with Crippen molar-refractivity contribution in [3.8, 4) is 5.75 Å². The van der Waals surface area contributed by atoms with Crippen molar-refractivity contribution in [1.29, 1.82) is 0 Å². The minimum Gasteiger partial charge on any atom is -0.495 e. The van der Waals surface area contributed by atoms with Crippen molar-refractivity contribution in [2.45, 2.75) is 0 Å². The van der Waals surface area contributed by atoms with Gasteiger partial charge in [-0.25, -0.2) is 0 Å². The molecule has 0 bridgehead atoms. The quantitative estimate of drug-likeness (QED) is 0.556. The van der Waals surface area contributed by atoms with Crippen LogP contribution in [0.1, 0.15) is 0 Å². The number of ether oxygens (including phenoxy) is 1. The average molecular weight is 173 g/mol. The zero-order chi connectivity index (χ0) is 7.56. The summed E-state index contributed by atoms with van der Waals surface area (Å²) in [5, 5.41) is 1.99. The molecule has 0 aliphatic heterocycles. The van der Waals surface area contributed by atoms with Crippen LogP contribution in [0.25, 0.3) is 0 Å². The first-order valence-corrected chi connectivity index (χ1v) is 4.42. The van der Waals surface area contributed by atoms with Crippen LogP contribution < -0.4 is 9.92 Å². The molecule has 0 N–H and O–H groups in total. The molecule has 1 rings (SSSR count). The summed E-state index contributed by atoms with van der Waals surface area (Å²) < 4.78 is 4.98. The van der Waals surface area contributed by atoms with Crippen LogP contribution in [0.2, 0.25) is 5.02 Å². The molecule has 0 amide bonds. The number of methoxy groups -OCH3 is 1. The maximum absolute atomic E-state index is 5.83. The number of hydrogen-bond donors (Lipinski definition) is 0. The van der Waals surface area contributed by atoms with E-state index in [1.165, 1.54) is 5.19 Å². The van der Waals surface area contributed by atoms with Crippen LogP contribution in [0, 0.1) is 0 Å². The fraction of sp³-hybridized carbons (Fsp3) is 0.143. The highest BCUT2D eigenvalue weighted by atomic mass is 35.5. The predicted molar refractivity (Wildman–Crippen MR) is 47.6 cm³/mol. The van der Waals surface area contributed by atoms with E-state index in [1.54, 1.807) is 7.11 Å². The zero-order valence-electron chi connectivity index (χ0n) is 6.02. The smallest absolute Gasteiger partial charge is 0.137 e.